The summed E-state index contributed by atoms with van der Waals surface area (Å²) in [5.74, 6) is -0.304. The van der Waals surface area contributed by atoms with Crippen molar-refractivity contribution in [3.05, 3.63) is 58.9 Å². The number of nitrogens with one attached hydrogen (secondary N) is 1. The van der Waals surface area contributed by atoms with Crippen molar-refractivity contribution in [1.29, 1.82) is 0 Å². The van der Waals surface area contributed by atoms with Crippen molar-refractivity contribution in [3.8, 4) is 0 Å². The SMILES string of the molecule is OCc1ccc(CNc2cc(F)c3ncsc3c2)cc1. The lowest BCUT2D eigenvalue weighted by atomic mass is 10.1. The lowest BCUT2D eigenvalue weighted by molar-refractivity contribution is 0.282. The van der Waals surface area contributed by atoms with Gasteiger partial charge in [0.1, 0.15) is 5.52 Å². The topological polar surface area (TPSA) is 45.1 Å². The first kappa shape index (κ1) is 13.0. The maximum Gasteiger partial charge on any atom is 0.152 e. The molecule has 2 N–H and O–H groups in total. The second kappa shape index (κ2) is 5.56. The van der Waals surface area contributed by atoms with Gasteiger partial charge in [0.15, 0.2) is 5.82 Å². The molecule has 1 aromatic heterocycles. The summed E-state index contributed by atoms with van der Waals surface area (Å²) in [6.45, 7) is 0.649. The summed E-state index contributed by atoms with van der Waals surface area (Å²) in [6.07, 6.45) is 0. The summed E-state index contributed by atoms with van der Waals surface area (Å²) in [6, 6.07) is 11.0. The molecule has 0 aliphatic carbocycles. The lowest BCUT2D eigenvalue weighted by Crippen LogP contribution is -2.00. The highest BCUT2D eigenvalue weighted by Crippen LogP contribution is 2.25. The predicted molar refractivity (Wildman–Crippen MR) is 79.3 cm³/mol. The molecular formula is C15H13FN2OS. The van der Waals surface area contributed by atoms with Crippen LogP contribution in [0.15, 0.2) is 41.9 Å². The van der Waals surface area contributed by atoms with Gasteiger partial charge in [-0.3, -0.25) is 0 Å². The Morgan fingerprint density at radius 3 is 2.65 bits per heavy atom. The van der Waals surface area contributed by atoms with Crippen molar-refractivity contribution in [2.45, 2.75) is 13.2 Å². The van der Waals surface area contributed by atoms with E-state index in [1.807, 2.05) is 30.3 Å². The number of aliphatic hydroxyl groups is 1. The van der Waals surface area contributed by atoms with Gasteiger partial charge in [0.2, 0.25) is 0 Å². The maximum atomic E-state index is 13.8. The molecule has 0 radical (unpaired) electrons. The molecule has 102 valence electrons. The molecule has 0 unspecified atom stereocenters. The standard InChI is InChI=1S/C15H13FN2OS/c16-13-5-12(6-14-15(13)18-9-20-14)17-7-10-1-3-11(8-19)4-2-10/h1-6,9,17,19H,7-8H2. The number of thiazole rings is 1. The maximum absolute atomic E-state index is 13.8. The first-order valence-electron chi connectivity index (χ1n) is 6.21. The molecule has 0 saturated heterocycles. The quantitative estimate of drug-likeness (QED) is 0.772. The van der Waals surface area contributed by atoms with E-state index in [-0.39, 0.29) is 12.4 Å². The van der Waals surface area contributed by atoms with E-state index in [4.69, 9.17) is 5.11 Å². The molecule has 2 aromatic carbocycles. The van der Waals surface area contributed by atoms with Gasteiger partial charge in [0.05, 0.1) is 16.8 Å². The Labute approximate surface area is 119 Å². The van der Waals surface area contributed by atoms with Gasteiger partial charge in [-0.25, -0.2) is 9.37 Å². The minimum Gasteiger partial charge on any atom is -0.392 e. The van der Waals surface area contributed by atoms with Crippen LogP contribution in [0.1, 0.15) is 11.1 Å². The van der Waals surface area contributed by atoms with Gasteiger partial charge in [-0.15, -0.1) is 11.3 Å². The summed E-state index contributed by atoms with van der Waals surface area (Å²) in [4.78, 5) is 3.99. The fraction of sp³-hybridized carbons (Fsp3) is 0.133. The van der Waals surface area contributed by atoms with Crippen molar-refractivity contribution >= 4 is 27.2 Å². The summed E-state index contributed by atoms with van der Waals surface area (Å²) in [5, 5.41) is 12.2. The molecule has 1 heterocycles. The third-order valence-corrected chi connectivity index (χ3v) is 3.87. The number of anilines is 1. The molecule has 0 fully saturated rings. The van der Waals surface area contributed by atoms with Crippen LogP contribution < -0.4 is 5.32 Å². The molecule has 3 aromatic rings. The zero-order valence-electron chi connectivity index (χ0n) is 10.6. The molecule has 0 amide bonds. The summed E-state index contributed by atoms with van der Waals surface area (Å²) >= 11 is 1.42. The minimum atomic E-state index is -0.304. The van der Waals surface area contributed by atoms with Crippen molar-refractivity contribution in [1.82, 2.24) is 4.98 Å². The number of hydrogen-bond acceptors (Lipinski definition) is 4. The smallest absolute Gasteiger partial charge is 0.152 e. The van der Waals surface area contributed by atoms with Gasteiger partial charge >= 0.3 is 0 Å². The molecule has 0 spiro atoms. The molecule has 0 atom stereocenters. The highest BCUT2D eigenvalue weighted by molar-refractivity contribution is 7.16. The van der Waals surface area contributed by atoms with Gasteiger partial charge in [0.25, 0.3) is 0 Å². The second-order valence-corrected chi connectivity index (χ2v) is 5.37. The number of rotatable bonds is 4. The van der Waals surface area contributed by atoms with Crippen LogP contribution in [0.2, 0.25) is 0 Å². The number of fused-ring (bicyclic) bond motifs is 1. The summed E-state index contributed by atoms with van der Waals surface area (Å²) in [5.41, 5.74) is 4.77. The molecule has 5 heteroatoms. The fourth-order valence-corrected chi connectivity index (χ4v) is 2.72. The largest absolute Gasteiger partial charge is 0.392 e. The Balaban J connectivity index is 1.75. The zero-order valence-corrected chi connectivity index (χ0v) is 11.5. The van der Waals surface area contributed by atoms with Crippen LogP contribution >= 0.6 is 11.3 Å². The Bertz CT molecular complexity index is 724. The molecule has 20 heavy (non-hydrogen) atoms. The van der Waals surface area contributed by atoms with Crippen LogP contribution in [-0.2, 0) is 13.2 Å². The minimum absolute atomic E-state index is 0.0426. The highest BCUT2D eigenvalue weighted by atomic mass is 32.1. The van der Waals surface area contributed by atoms with Crippen molar-refractivity contribution in [2.75, 3.05) is 5.32 Å². The van der Waals surface area contributed by atoms with E-state index < -0.39 is 0 Å². The zero-order chi connectivity index (χ0) is 13.9. The van der Waals surface area contributed by atoms with Gasteiger partial charge in [-0.05, 0) is 23.3 Å². The first-order chi connectivity index (χ1) is 9.76. The summed E-state index contributed by atoms with van der Waals surface area (Å²) < 4.78 is 14.6. The second-order valence-electron chi connectivity index (χ2n) is 4.49. The number of nitrogens with zero attached hydrogens (tertiary/aromatic N) is 1. The van der Waals surface area contributed by atoms with E-state index in [0.29, 0.717) is 12.1 Å². The number of hydrogen-bond donors (Lipinski definition) is 2. The van der Waals surface area contributed by atoms with E-state index in [1.165, 1.54) is 17.4 Å². The molecule has 0 aliphatic heterocycles. The molecule has 0 saturated carbocycles. The van der Waals surface area contributed by atoms with E-state index >= 15 is 0 Å². The molecule has 0 aliphatic rings. The predicted octanol–water partition coefficient (Wildman–Crippen LogP) is 3.54. The average Bonchev–Trinajstić information content (AvgIpc) is 2.94. The third-order valence-electron chi connectivity index (χ3n) is 3.09. The van der Waals surface area contributed by atoms with Crippen LogP contribution in [0.3, 0.4) is 0 Å². The van der Waals surface area contributed by atoms with E-state index in [0.717, 1.165) is 21.5 Å². The molecule has 0 bridgehead atoms. The number of halogens is 1. The Hall–Kier alpha value is -1.98. The fourth-order valence-electron chi connectivity index (χ4n) is 1.99. The van der Waals surface area contributed by atoms with Crippen LogP contribution in [0.4, 0.5) is 10.1 Å². The number of aliphatic hydroxyl groups excluding tert-OH is 1. The summed E-state index contributed by atoms with van der Waals surface area (Å²) in [7, 11) is 0. The lowest BCUT2D eigenvalue weighted by Gasteiger charge is -2.07. The Morgan fingerprint density at radius 1 is 1.15 bits per heavy atom. The van der Waals surface area contributed by atoms with Gasteiger partial charge in [-0.1, -0.05) is 24.3 Å². The van der Waals surface area contributed by atoms with Gasteiger partial charge in [0, 0.05) is 12.2 Å². The van der Waals surface area contributed by atoms with Gasteiger partial charge in [-0.2, -0.15) is 0 Å². The van der Waals surface area contributed by atoms with Crippen LogP contribution in [0.5, 0.6) is 0 Å². The van der Waals surface area contributed by atoms with Crippen LogP contribution in [0, 0.1) is 5.82 Å². The molecule has 3 rings (SSSR count). The van der Waals surface area contributed by atoms with Crippen molar-refractivity contribution < 1.29 is 9.50 Å². The van der Waals surface area contributed by atoms with Gasteiger partial charge < -0.3 is 10.4 Å². The first-order valence-corrected chi connectivity index (χ1v) is 7.09. The monoisotopic (exact) mass is 288 g/mol. The highest BCUT2D eigenvalue weighted by Gasteiger charge is 2.06. The number of benzene rings is 2. The van der Waals surface area contributed by atoms with E-state index in [2.05, 4.69) is 10.3 Å². The van der Waals surface area contributed by atoms with Crippen LogP contribution in [0.25, 0.3) is 10.2 Å². The normalized spacial score (nSPS) is 10.9. The molecule has 3 nitrogen and oxygen atoms in total. The Kier molecular flexibility index (Phi) is 3.62. The third kappa shape index (κ3) is 2.64. The van der Waals surface area contributed by atoms with Crippen LogP contribution in [-0.4, -0.2) is 10.1 Å². The van der Waals surface area contributed by atoms with Crippen molar-refractivity contribution in [2.24, 2.45) is 0 Å². The van der Waals surface area contributed by atoms with Crippen molar-refractivity contribution in [3.63, 3.8) is 0 Å². The number of aromatic nitrogens is 1. The average molecular weight is 288 g/mol. The van der Waals surface area contributed by atoms with E-state index in [9.17, 15) is 4.39 Å². The Morgan fingerprint density at radius 2 is 1.90 bits per heavy atom. The molecular weight excluding hydrogens is 275 g/mol. The van der Waals surface area contributed by atoms with E-state index in [1.54, 1.807) is 5.51 Å².